The van der Waals surface area contributed by atoms with Gasteiger partial charge in [-0.05, 0) is 39.7 Å². The number of nitrogens with two attached hydrogens (primary N) is 1. The van der Waals surface area contributed by atoms with Crippen LogP contribution in [0, 0.1) is 5.41 Å². The van der Waals surface area contributed by atoms with Gasteiger partial charge in [0, 0.05) is 16.0 Å². The third-order valence-corrected chi connectivity index (χ3v) is 4.45. The average Bonchev–Trinajstić information content (AvgIpc) is 2.58. The molecule has 4 heteroatoms. The van der Waals surface area contributed by atoms with Gasteiger partial charge < -0.3 is 10.5 Å². The Labute approximate surface area is 110 Å². The molecule has 0 saturated heterocycles. The summed E-state index contributed by atoms with van der Waals surface area (Å²) >= 11 is 5.20. The zero-order valence-electron chi connectivity index (χ0n) is 10.3. The van der Waals surface area contributed by atoms with Gasteiger partial charge in [0.25, 0.3) is 0 Å². The molecule has 2 nitrogen and oxygen atoms in total. The Morgan fingerprint density at radius 1 is 1.50 bits per heavy atom. The summed E-state index contributed by atoms with van der Waals surface area (Å²) in [6, 6.07) is 1.96. The summed E-state index contributed by atoms with van der Waals surface area (Å²) in [5.74, 6) is 0. The number of halogens is 1. The van der Waals surface area contributed by atoms with Crippen molar-refractivity contribution in [2.75, 3.05) is 6.61 Å². The molecule has 0 aromatic carbocycles. The van der Waals surface area contributed by atoms with Crippen molar-refractivity contribution in [1.29, 1.82) is 0 Å². The van der Waals surface area contributed by atoms with Gasteiger partial charge in [-0.15, -0.1) is 11.3 Å². The Morgan fingerprint density at radius 2 is 2.12 bits per heavy atom. The van der Waals surface area contributed by atoms with Crippen molar-refractivity contribution in [3.05, 3.63) is 20.8 Å². The van der Waals surface area contributed by atoms with Gasteiger partial charge in [-0.1, -0.05) is 20.8 Å². The zero-order chi connectivity index (χ0) is 12.3. The molecule has 0 saturated carbocycles. The molecule has 0 bridgehead atoms. The second kappa shape index (κ2) is 5.63. The molecule has 0 amide bonds. The van der Waals surface area contributed by atoms with Crippen LogP contribution in [0.2, 0.25) is 0 Å². The summed E-state index contributed by atoms with van der Waals surface area (Å²) in [6.45, 7) is 9.19. The lowest BCUT2D eigenvalue weighted by Crippen LogP contribution is -2.39. The topological polar surface area (TPSA) is 35.2 Å². The average molecular weight is 306 g/mol. The highest BCUT2D eigenvalue weighted by molar-refractivity contribution is 9.10. The molecule has 2 N–H and O–H groups in total. The maximum absolute atomic E-state index is 6.31. The first-order valence-corrected chi connectivity index (χ1v) is 7.15. The normalized spacial score (nSPS) is 16.1. The number of hydrogen-bond donors (Lipinski definition) is 1. The Bertz CT molecular complexity index is 332. The predicted octanol–water partition coefficient (Wildman–Crippen LogP) is 3.96. The standard InChI is InChI=1S/C12H20BrNOS/c1-5-15-11(12(2,3)4)9(14)10-8(13)6-7-16-10/h6-7,9,11H,5,14H2,1-4H3. The summed E-state index contributed by atoms with van der Waals surface area (Å²) in [5, 5.41) is 2.05. The highest BCUT2D eigenvalue weighted by Gasteiger charge is 2.33. The Balaban J connectivity index is 2.92. The van der Waals surface area contributed by atoms with Crippen LogP contribution in [0.5, 0.6) is 0 Å². The van der Waals surface area contributed by atoms with Gasteiger partial charge in [0.2, 0.25) is 0 Å². The van der Waals surface area contributed by atoms with Crippen molar-refractivity contribution < 1.29 is 4.74 Å². The Kier molecular flexibility index (Phi) is 4.98. The molecule has 0 radical (unpaired) electrons. The van der Waals surface area contributed by atoms with Crippen molar-refractivity contribution in [3.8, 4) is 0 Å². The quantitative estimate of drug-likeness (QED) is 0.914. The van der Waals surface area contributed by atoms with E-state index >= 15 is 0 Å². The SMILES string of the molecule is CCOC(C(N)c1sccc1Br)C(C)(C)C. The zero-order valence-corrected chi connectivity index (χ0v) is 12.7. The van der Waals surface area contributed by atoms with Crippen LogP contribution >= 0.6 is 27.3 Å². The highest BCUT2D eigenvalue weighted by atomic mass is 79.9. The fourth-order valence-corrected chi connectivity index (χ4v) is 3.42. The van der Waals surface area contributed by atoms with E-state index in [1.165, 1.54) is 0 Å². The second-order valence-electron chi connectivity index (χ2n) is 4.90. The minimum absolute atomic E-state index is 0.0347. The van der Waals surface area contributed by atoms with Gasteiger partial charge in [-0.2, -0.15) is 0 Å². The molecule has 0 aliphatic rings. The summed E-state index contributed by atoms with van der Waals surface area (Å²) in [7, 11) is 0. The molecule has 0 fully saturated rings. The smallest absolute Gasteiger partial charge is 0.0823 e. The van der Waals surface area contributed by atoms with Crippen LogP contribution in [0.4, 0.5) is 0 Å². The Morgan fingerprint density at radius 3 is 2.50 bits per heavy atom. The van der Waals surface area contributed by atoms with Crippen LogP contribution in [0.3, 0.4) is 0 Å². The van der Waals surface area contributed by atoms with Gasteiger partial charge in [-0.25, -0.2) is 0 Å². The van der Waals surface area contributed by atoms with E-state index in [0.717, 1.165) is 9.35 Å². The third kappa shape index (κ3) is 3.29. The number of hydrogen-bond acceptors (Lipinski definition) is 3. The first-order chi connectivity index (χ1) is 7.38. The lowest BCUT2D eigenvalue weighted by atomic mass is 9.84. The minimum Gasteiger partial charge on any atom is -0.376 e. The van der Waals surface area contributed by atoms with Crippen LogP contribution in [0.1, 0.15) is 38.6 Å². The molecule has 1 aromatic rings. The molecule has 0 spiro atoms. The van der Waals surface area contributed by atoms with Gasteiger partial charge in [0.1, 0.15) is 0 Å². The van der Waals surface area contributed by atoms with Crippen molar-refractivity contribution in [2.24, 2.45) is 11.1 Å². The molecule has 92 valence electrons. The van der Waals surface area contributed by atoms with Gasteiger partial charge in [-0.3, -0.25) is 0 Å². The molecule has 2 atom stereocenters. The molecular weight excluding hydrogens is 286 g/mol. The monoisotopic (exact) mass is 305 g/mol. The molecular formula is C12H20BrNOS. The largest absolute Gasteiger partial charge is 0.376 e. The van der Waals surface area contributed by atoms with Crippen LogP contribution in [-0.2, 0) is 4.74 Å². The van der Waals surface area contributed by atoms with E-state index in [4.69, 9.17) is 10.5 Å². The maximum atomic E-state index is 6.31. The van der Waals surface area contributed by atoms with Crippen molar-refractivity contribution in [3.63, 3.8) is 0 Å². The van der Waals surface area contributed by atoms with Crippen LogP contribution in [0.15, 0.2) is 15.9 Å². The van der Waals surface area contributed by atoms with Crippen molar-refractivity contribution in [1.82, 2.24) is 0 Å². The minimum atomic E-state index is -0.0747. The van der Waals surface area contributed by atoms with E-state index in [-0.39, 0.29) is 17.6 Å². The van der Waals surface area contributed by atoms with E-state index in [1.54, 1.807) is 11.3 Å². The van der Waals surface area contributed by atoms with Crippen LogP contribution in [0.25, 0.3) is 0 Å². The van der Waals surface area contributed by atoms with Crippen LogP contribution in [-0.4, -0.2) is 12.7 Å². The van der Waals surface area contributed by atoms with Crippen molar-refractivity contribution >= 4 is 27.3 Å². The van der Waals surface area contributed by atoms with Gasteiger partial charge >= 0.3 is 0 Å². The van der Waals surface area contributed by atoms with E-state index in [0.29, 0.717) is 6.61 Å². The van der Waals surface area contributed by atoms with Crippen LogP contribution < -0.4 is 5.73 Å². The third-order valence-electron chi connectivity index (χ3n) is 2.47. The number of rotatable bonds is 4. The highest BCUT2D eigenvalue weighted by Crippen LogP contribution is 2.36. The summed E-state index contributed by atoms with van der Waals surface area (Å²) in [6.07, 6.45) is 0.0347. The predicted molar refractivity (Wildman–Crippen MR) is 73.8 cm³/mol. The van der Waals surface area contributed by atoms with Crippen molar-refractivity contribution in [2.45, 2.75) is 39.8 Å². The molecule has 1 heterocycles. The van der Waals surface area contributed by atoms with E-state index in [1.807, 2.05) is 18.4 Å². The molecule has 0 aliphatic heterocycles. The molecule has 0 aliphatic carbocycles. The van der Waals surface area contributed by atoms with E-state index in [2.05, 4.69) is 36.7 Å². The maximum Gasteiger partial charge on any atom is 0.0823 e. The lowest BCUT2D eigenvalue weighted by Gasteiger charge is -2.34. The first kappa shape index (κ1) is 14.2. The summed E-state index contributed by atoms with van der Waals surface area (Å²) in [4.78, 5) is 1.16. The number of thiophene rings is 1. The number of ether oxygens (including phenoxy) is 1. The van der Waals surface area contributed by atoms with Gasteiger partial charge in [0.05, 0.1) is 12.1 Å². The fourth-order valence-electron chi connectivity index (χ4n) is 1.75. The van der Waals surface area contributed by atoms with E-state index in [9.17, 15) is 0 Å². The van der Waals surface area contributed by atoms with E-state index < -0.39 is 0 Å². The molecule has 1 aromatic heterocycles. The molecule has 16 heavy (non-hydrogen) atoms. The summed E-state index contributed by atoms with van der Waals surface area (Å²) in [5.41, 5.74) is 6.35. The lowest BCUT2D eigenvalue weighted by molar-refractivity contribution is -0.0277. The fraction of sp³-hybridized carbons (Fsp3) is 0.667. The first-order valence-electron chi connectivity index (χ1n) is 5.48. The van der Waals surface area contributed by atoms with Gasteiger partial charge in [0.15, 0.2) is 0 Å². The Hall–Kier alpha value is 0.100. The molecule has 2 unspecified atom stereocenters. The second-order valence-corrected chi connectivity index (χ2v) is 6.70. The summed E-state index contributed by atoms with van der Waals surface area (Å²) < 4.78 is 6.89. The molecule has 1 rings (SSSR count).